The Morgan fingerprint density at radius 2 is 1.97 bits per heavy atom. The number of hydrogen-bond acceptors (Lipinski definition) is 6. The van der Waals surface area contributed by atoms with Crippen LogP contribution in [-0.2, 0) is 17.6 Å². The smallest absolute Gasteiger partial charge is 0.341 e. The standard InChI is InChI=1S/C26H24N2O4S/c1-3-31-26(30)23-17-9-5-7-11-22(17)33-25(23)28-24(29)18-14-20(21-13-12-15(2)32-21)27-19-10-6-4-8-16(18)19/h4,6,8,10,12-14H,3,5,7,9,11H2,1-2H3,(H,28,29). The van der Waals surface area contributed by atoms with Crippen molar-refractivity contribution in [3.8, 4) is 11.5 Å². The van der Waals surface area contributed by atoms with E-state index in [1.54, 1.807) is 13.0 Å². The lowest BCUT2D eigenvalue weighted by Gasteiger charge is -2.12. The molecule has 3 aromatic heterocycles. The molecule has 0 radical (unpaired) electrons. The number of aryl methyl sites for hydroxylation is 2. The van der Waals surface area contributed by atoms with E-state index in [1.807, 2.05) is 43.3 Å². The summed E-state index contributed by atoms with van der Waals surface area (Å²) in [5, 5.41) is 4.31. The number of fused-ring (bicyclic) bond motifs is 2. The van der Waals surface area contributed by atoms with Gasteiger partial charge in [0.15, 0.2) is 5.76 Å². The molecule has 0 bridgehead atoms. The Kier molecular flexibility index (Phi) is 5.72. The predicted octanol–water partition coefficient (Wildman–Crippen LogP) is 6.17. The van der Waals surface area contributed by atoms with Crippen molar-refractivity contribution in [2.75, 3.05) is 11.9 Å². The Morgan fingerprint density at radius 3 is 2.76 bits per heavy atom. The van der Waals surface area contributed by atoms with Crippen molar-refractivity contribution in [1.29, 1.82) is 0 Å². The van der Waals surface area contributed by atoms with Crippen LogP contribution in [0.2, 0.25) is 0 Å². The molecule has 1 amide bonds. The van der Waals surface area contributed by atoms with Gasteiger partial charge >= 0.3 is 5.97 Å². The molecule has 3 heterocycles. The second kappa shape index (κ2) is 8.83. The number of rotatable bonds is 5. The molecule has 5 rings (SSSR count). The number of carbonyl (C=O) groups is 2. The average molecular weight is 461 g/mol. The predicted molar refractivity (Wildman–Crippen MR) is 129 cm³/mol. The number of ether oxygens (including phenoxy) is 1. The molecule has 168 valence electrons. The number of para-hydroxylation sites is 1. The van der Waals surface area contributed by atoms with Crippen LogP contribution in [0.15, 0.2) is 46.9 Å². The molecule has 1 aliphatic rings. The first-order valence-corrected chi connectivity index (χ1v) is 12.0. The Hall–Kier alpha value is -3.45. The summed E-state index contributed by atoms with van der Waals surface area (Å²) in [6, 6.07) is 13.0. The van der Waals surface area contributed by atoms with Crippen LogP contribution in [0.4, 0.5) is 5.00 Å². The van der Waals surface area contributed by atoms with E-state index in [0.29, 0.717) is 33.1 Å². The number of benzene rings is 1. The SMILES string of the molecule is CCOC(=O)c1c(NC(=O)c2cc(-c3ccc(C)o3)nc3ccccc23)sc2c1CCCC2. The van der Waals surface area contributed by atoms with E-state index in [1.165, 1.54) is 11.3 Å². The van der Waals surface area contributed by atoms with Crippen molar-refractivity contribution in [2.24, 2.45) is 0 Å². The van der Waals surface area contributed by atoms with Gasteiger partial charge in [-0.05, 0) is 69.4 Å². The molecule has 7 heteroatoms. The first-order chi connectivity index (χ1) is 16.0. The van der Waals surface area contributed by atoms with E-state index < -0.39 is 0 Å². The number of aromatic nitrogens is 1. The van der Waals surface area contributed by atoms with Crippen molar-refractivity contribution in [1.82, 2.24) is 4.98 Å². The summed E-state index contributed by atoms with van der Waals surface area (Å²) in [6.45, 7) is 3.95. The van der Waals surface area contributed by atoms with Crippen molar-refractivity contribution in [2.45, 2.75) is 39.5 Å². The average Bonchev–Trinajstić information content (AvgIpc) is 3.41. The molecule has 0 fully saturated rings. The number of furan rings is 1. The third-order valence-corrected chi connectivity index (χ3v) is 7.04. The summed E-state index contributed by atoms with van der Waals surface area (Å²) in [5.74, 6) is 0.709. The molecule has 0 aliphatic heterocycles. The molecule has 0 saturated carbocycles. The van der Waals surface area contributed by atoms with Gasteiger partial charge in [0.1, 0.15) is 16.5 Å². The molecule has 0 saturated heterocycles. The molecular weight excluding hydrogens is 436 g/mol. The maximum absolute atomic E-state index is 13.5. The third-order valence-electron chi connectivity index (χ3n) is 5.83. The fourth-order valence-electron chi connectivity index (χ4n) is 4.31. The fraction of sp³-hybridized carbons (Fsp3) is 0.269. The van der Waals surface area contributed by atoms with Crippen LogP contribution in [-0.4, -0.2) is 23.5 Å². The minimum Gasteiger partial charge on any atom is -0.462 e. The summed E-state index contributed by atoms with van der Waals surface area (Å²) >= 11 is 1.48. The summed E-state index contributed by atoms with van der Waals surface area (Å²) in [5.41, 5.74) is 3.29. The first kappa shape index (κ1) is 21.4. The van der Waals surface area contributed by atoms with Gasteiger partial charge in [-0.2, -0.15) is 0 Å². The Bertz CT molecular complexity index is 1370. The van der Waals surface area contributed by atoms with Gasteiger partial charge in [-0.25, -0.2) is 9.78 Å². The van der Waals surface area contributed by atoms with Gasteiger partial charge in [0, 0.05) is 10.3 Å². The molecule has 0 unspecified atom stereocenters. The van der Waals surface area contributed by atoms with Crippen molar-refractivity contribution >= 4 is 39.1 Å². The van der Waals surface area contributed by atoms with Gasteiger partial charge in [-0.1, -0.05) is 18.2 Å². The number of anilines is 1. The molecule has 0 spiro atoms. The van der Waals surface area contributed by atoms with E-state index in [-0.39, 0.29) is 18.5 Å². The van der Waals surface area contributed by atoms with Crippen molar-refractivity contribution in [3.63, 3.8) is 0 Å². The largest absolute Gasteiger partial charge is 0.462 e. The zero-order valence-corrected chi connectivity index (χ0v) is 19.4. The quantitative estimate of drug-likeness (QED) is 0.360. The topological polar surface area (TPSA) is 81.4 Å². The minimum atomic E-state index is -0.376. The molecule has 33 heavy (non-hydrogen) atoms. The van der Waals surface area contributed by atoms with Crippen molar-refractivity contribution in [3.05, 3.63) is 69.8 Å². The Morgan fingerprint density at radius 1 is 1.15 bits per heavy atom. The highest BCUT2D eigenvalue weighted by Gasteiger charge is 2.28. The van der Waals surface area contributed by atoms with Crippen molar-refractivity contribution < 1.29 is 18.7 Å². The van der Waals surface area contributed by atoms with E-state index in [0.717, 1.165) is 47.3 Å². The Labute approximate surface area is 195 Å². The molecule has 1 N–H and O–H groups in total. The number of hydrogen-bond donors (Lipinski definition) is 1. The summed E-state index contributed by atoms with van der Waals surface area (Å²) in [4.78, 5) is 32.2. The zero-order chi connectivity index (χ0) is 22.9. The molecule has 1 aromatic carbocycles. The van der Waals surface area contributed by atoms with E-state index >= 15 is 0 Å². The maximum Gasteiger partial charge on any atom is 0.341 e. The lowest BCUT2D eigenvalue weighted by Crippen LogP contribution is -2.16. The monoisotopic (exact) mass is 460 g/mol. The fourth-order valence-corrected chi connectivity index (χ4v) is 5.58. The second-order valence-corrected chi connectivity index (χ2v) is 9.18. The van der Waals surface area contributed by atoms with Crippen LogP contribution in [0.25, 0.3) is 22.4 Å². The zero-order valence-electron chi connectivity index (χ0n) is 18.6. The lowest BCUT2D eigenvalue weighted by molar-refractivity contribution is 0.0526. The van der Waals surface area contributed by atoms with Crippen LogP contribution in [0.1, 0.15) is 56.7 Å². The summed E-state index contributed by atoms with van der Waals surface area (Å²) in [7, 11) is 0. The number of amides is 1. The highest BCUT2D eigenvalue weighted by atomic mass is 32.1. The van der Waals surface area contributed by atoms with Gasteiger partial charge in [-0.15, -0.1) is 11.3 Å². The number of nitrogens with one attached hydrogen (secondary N) is 1. The van der Waals surface area contributed by atoms with Gasteiger partial charge in [-0.3, -0.25) is 4.79 Å². The highest BCUT2D eigenvalue weighted by Crippen LogP contribution is 2.39. The Balaban J connectivity index is 1.58. The van der Waals surface area contributed by atoms with Crippen LogP contribution in [0.3, 0.4) is 0 Å². The van der Waals surface area contributed by atoms with E-state index in [2.05, 4.69) is 10.3 Å². The molecule has 0 atom stereocenters. The molecular formula is C26H24N2O4S. The van der Waals surface area contributed by atoms with Gasteiger partial charge in [0.05, 0.1) is 23.3 Å². The first-order valence-electron chi connectivity index (χ1n) is 11.1. The van der Waals surface area contributed by atoms with Gasteiger partial charge in [0.2, 0.25) is 0 Å². The molecule has 6 nitrogen and oxygen atoms in total. The van der Waals surface area contributed by atoms with E-state index in [9.17, 15) is 9.59 Å². The van der Waals surface area contributed by atoms with Crippen LogP contribution in [0.5, 0.6) is 0 Å². The summed E-state index contributed by atoms with van der Waals surface area (Å²) in [6.07, 6.45) is 3.87. The minimum absolute atomic E-state index is 0.289. The lowest BCUT2D eigenvalue weighted by atomic mass is 9.95. The molecule has 1 aliphatic carbocycles. The van der Waals surface area contributed by atoms with Gasteiger partial charge < -0.3 is 14.5 Å². The van der Waals surface area contributed by atoms with Gasteiger partial charge in [0.25, 0.3) is 5.91 Å². The van der Waals surface area contributed by atoms with Crippen LogP contribution in [0, 0.1) is 6.92 Å². The molecule has 4 aromatic rings. The number of thiophene rings is 1. The van der Waals surface area contributed by atoms with E-state index in [4.69, 9.17) is 9.15 Å². The second-order valence-electron chi connectivity index (χ2n) is 8.07. The van der Waals surface area contributed by atoms with Crippen LogP contribution < -0.4 is 5.32 Å². The normalized spacial score (nSPS) is 13.0. The summed E-state index contributed by atoms with van der Waals surface area (Å²) < 4.78 is 11.1. The third kappa shape index (κ3) is 4.04. The maximum atomic E-state index is 13.5. The highest BCUT2D eigenvalue weighted by molar-refractivity contribution is 7.17. The number of esters is 1. The number of carbonyl (C=O) groups excluding carboxylic acids is 2. The number of pyridine rings is 1. The van der Waals surface area contributed by atoms with Crippen LogP contribution >= 0.6 is 11.3 Å². The number of nitrogens with zero attached hydrogens (tertiary/aromatic N) is 1.